The van der Waals surface area contributed by atoms with Gasteiger partial charge in [-0.25, -0.2) is 13.6 Å². The highest BCUT2D eigenvalue weighted by Gasteiger charge is 2.27. The topological polar surface area (TPSA) is 96.9 Å². The minimum atomic E-state index is -1.10. The van der Waals surface area contributed by atoms with Crippen LogP contribution >= 0.6 is 0 Å². The normalized spacial score (nSPS) is 13.7. The molecule has 1 aliphatic rings. The molecular weight excluding hydrogens is 568 g/mol. The van der Waals surface area contributed by atoms with Gasteiger partial charge in [0.2, 0.25) is 0 Å². The summed E-state index contributed by atoms with van der Waals surface area (Å²) < 4.78 is 47.2. The van der Waals surface area contributed by atoms with Crippen molar-refractivity contribution in [3.8, 4) is 34.0 Å². The van der Waals surface area contributed by atoms with Crippen LogP contribution in [0.15, 0.2) is 72.8 Å². The Bertz CT molecular complexity index is 1800. The molecule has 2 N–H and O–H groups in total. The molecule has 10 heteroatoms. The summed E-state index contributed by atoms with van der Waals surface area (Å²) in [6.07, 6.45) is 0.259. The van der Waals surface area contributed by atoms with E-state index in [4.69, 9.17) is 14.2 Å². The van der Waals surface area contributed by atoms with Crippen LogP contribution in [0.4, 0.5) is 8.78 Å². The van der Waals surface area contributed by atoms with Gasteiger partial charge in [-0.2, -0.15) is 4.98 Å². The lowest BCUT2D eigenvalue weighted by Crippen LogP contribution is -2.51. The Labute approximate surface area is 252 Å². The van der Waals surface area contributed by atoms with Crippen molar-refractivity contribution in [2.24, 2.45) is 0 Å². The van der Waals surface area contributed by atoms with Gasteiger partial charge >= 0.3 is 5.97 Å². The average Bonchev–Trinajstić information content (AvgIpc) is 3.40. The molecule has 0 atom stereocenters. The second kappa shape index (κ2) is 12.5. The summed E-state index contributed by atoms with van der Waals surface area (Å²) in [6, 6.07) is 20.9. The number of nitrogens with zero attached hydrogens (tertiary/aromatic N) is 2. The van der Waals surface area contributed by atoms with Crippen molar-refractivity contribution in [2.75, 3.05) is 33.4 Å². The number of ether oxygens (including phenoxy) is 3. The number of halogens is 2. The third-order valence-electron chi connectivity index (χ3n) is 7.73. The summed E-state index contributed by atoms with van der Waals surface area (Å²) in [5.74, 6) is -2.47. The maximum Gasteiger partial charge on any atom is 0.336 e. The number of imidazole rings is 1. The number of aromatic nitrogens is 2. The fourth-order valence-electron chi connectivity index (χ4n) is 5.32. The number of fused-ring (bicyclic) bond motifs is 1. The molecule has 5 aromatic rings. The molecule has 44 heavy (non-hydrogen) atoms. The van der Waals surface area contributed by atoms with Crippen LogP contribution in [-0.4, -0.2) is 65.5 Å². The number of aromatic amines is 1. The molecule has 1 aromatic heterocycles. The molecule has 0 unspecified atom stereocenters. The minimum absolute atomic E-state index is 0.0717. The molecular formula is C34H31F2N3O5. The second-order valence-corrected chi connectivity index (χ2v) is 10.8. The number of aromatic carboxylic acids is 1. The van der Waals surface area contributed by atoms with Crippen molar-refractivity contribution in [1.29, 1.82) is 0 Å². The second-order valence-electron chi connectivity index (χ2n) is 10.8. The fraction of sp³-hybridized carbons (Fsp3) is 0.235. The van der Waals surface area contributed by atoms with E-state index >= 15 is 8.78 Å². The number of carboxylic acid groups (broad SMARTS) is 1. The predicted octanol–water partition coefficient (Wildman–Crippen LogP) is 6.82. The van der Waals surface area contributed by atoms with Crippen molar-refractivity contribution in [1.82, 2.24) is 14.9 Å². The predicted molar refractivity (Wildman–Crippen MR) is 162 cm³/mol. The first-order valence-electron chi connectivity index (χ1n) is 14.2. The number of hydrogen-bond acceptors (Lipinski definition) is 6. The van der Waals surface area contributed by atoms with Gasteiger partial charge < -0.3 is 24.3 Å². The molecule has 8 nitrogen and oxygen atoms in total. The first kappa shape index (κ1) is 29.4. The Kier molecular flexibility index (Phi) is 8.38. The van der Waals surface area contributed by atoms with Gasteiger partial charge in [-0.05, 0) is 46.9 Å². The number of benzene rings is 4. The molecule has 0 aliphatic carbocycles. The lowest BCUT2D eigenvalue weighted by atomic mass is 9.98. The van der Waals surface area contributed by atoms with Crippen LogP contribution in [0.25, 0.3) is 33.3 Å². The van der Waals surface area contributed by atoms with Crippen molar-refractivity contribution in [3.63, 3.8) is 0 Å². The number of H-pyrrole nitrogens is 1. The van der Waals surface area contributed by atoms with E-state index in [1.54, 1.807) is 38.3 Å². The summed E-state index contributed by atoms with van der Waals surface area (Å²) in [7, 11) is 1.66. The van der Waals surface area contributed by atoms with Gasteiger partial charge in [0.05, 0.1) is 36.0 Å². The van der Waals surface area contributed by atoms with Crippen LogP contribution in [-0.2, 0) is 16.0 Å². The zero-order chi connectivity index (χ0) is 30.8. The van der Waals surface area contributed by atoms with Crippen LogP contribution in [0.2, 0.25) is 0 Å². The zero-order valence-electron chi connectivity index (χ0n) is 24.3. The molecule has 2 heterocycles. The highest BCUT2D eigenvalue weighted by Crippen LogP contribution is 2.34. The highest BCUT2D eigenvalue weighted by molar-refractivity contribution is 5.90. The lowest BCUT2D eigenvalue weighted by Gasteiger charge is -2.38. The van der Waals surface area contributed by atoms with E-state index in [9.17, 15) is 9.90 Å². The number of carbonyl (C=O) groups is 1. The van der Waals surface area contributed by atoms with Crippen molar-refractivity contribution in [3.05, 3.63) is 101 Å². The first-order valence-corrected chi connectivity index (χ1v) is 14.2. The van der Waals surface area contributed by atoms with E-state index in [1.165, 1.54) is 17.7 Å². The summed E-state index contributed by atoms with van der Waals surface area (Å²) in [6.45, 7) is 5.54. The highest BCUT2D eigenvalue weighted by atomic mass is 19.1. The minimum Gasteiger partial charge on any atom is -0.478 e. The largest absolute Gasteiger partial charge is 0.478 e. The van der Waals surface area contributed by atoms with Crippen LogP contribution < -0.4 is 4.74 Å². The molecule has 1 saturated heterocycles. The number of carboxylic acids is 1. The third-order valence-corrected chi connectivity index (χ3v) is 7.73. The van der Waals surface area contributed by atoms with Gasteiger partial charge in [0.15, 0.2) is 5.82 Å². The first-order chi connectivity index (χ1) is 21.3. The Morgan fingerprint density at radius 3 is 2.34 bits per heavy atom. The molecule has 6 rings (SSSR count). The summed E-state index contributed by atoms with van der Waals surface area (Å²) in [5.41, 5.74) is 3.97. The van der Waals surface area contributed by atoms with E-state index in [0.717, 1.165) is 30.8 Å². The molecule has 1 fully saturated rings. The van der Waals surface area contributed by atoms with Crippen LogP contribution in [0.5, 0.6) is 11.8 Å². The Hall–Kier alpha value is -4.64. The SMILES string of the molecule is COCCOC1CN(Cc2ccc(-c3ccc(-c4c(F)cc5[nH]c(Oc6ccc(C)c(C(=O)O)c6)nc5c4F)cc3)cc2)C1. The standard InChI is InChI=1S/C34H31F2N3O5/c1-20-3-12-25(15-27(20)33(40)41)44-34-37-29-16-28(35)30(31(36)32(29)38-34)24-10-8-23(9-11-24)22-6-4-21(5-7-22)17-39-18-26(19-39)43-14-13-42-2/h3-12,15-16,26H,13-14,17-19H2,1-2H3,(H,37,38)(H,40,41). The molecule has 4 aromatic carbocycles. The number of likely N-dealkylation sites (tertiary alicyclic amines) is 1. The Balaban J connectivity index is 1.15. The fourth-order valence-corrected chi connectivity index (χ4v) is 5.32. The average molecular weight is 600 g/mol. The molecule has 0 bridgehead atoms. The van der Waals surface area contributed by atoms with Crippen molar-refractivity contribution in [2.45, 2.75) is 19.6 Å². The van der Waals surface area contributed by atoms with E-state index in [-0.39, 0.29) is 40.0 Å². The van der Waals surface area contributed by atoms with Crippen LogP contribution in [0.1, 0.15) is 21.5 Å². The number of hydrogen-bond donors (Lipinski definition) is 2. The van der Waals surface area contributed by atoms with E-state index < -0.39 is 17.6 Å². The smallest absolute Gasteiger partial charge is 0.336 e. The Morgan fingerprint density at radius 1 is 0.977 bits per heavy atom. The number of aryl methyl sites for hydroxylation is 1. The van der Waals surface area contributed by atoms with Crippen molar-refractivity contribution >= 4 is 17.0 Å². The van der Waals surface area contributed by atoms with E-state index in [1.807, 2.05) is 24.3 Å². The summed E-state index contributed by atoms with van der Waals surface area (Å²) >= 11 is 0. The quantitative estimate of drug-likeness (QED) is 0.161. The summed E-state index contributed by atoms with van der Waals surface area (Å²) in [4.78, 5) is 20.7. The van der Waals surface area contributed by atoms with Gasteiger partial charge in [-0.3, -0.25) is 4.90 Å². The van der Waals surface area contributed by atoms with Gasteiger partial charge in [0.25, 0.3) is 6.01 Å². The lowest BCUT2D eigenvalue weighted by molar-refractivity contribution is -0.0698. The monoisotopic (exact) mass is 599 g/mol. The van der Waals surface area contributed by atoms with E-state index in [2.05, 4.69) is 27.0 Å². The van der Waals surface area contributed by atoms with E-state index in [0.29, 0.717) is 24.3 Å². The molecule has 0 amide bonds. The van der Waals surface area contributed by atoms with Gasteiger partial charge in [-0.15, -0.1) is 0 Å². The number of nitrogens with one attached hydrogen (secondary N) is 1. The molecule has 1 aliphatic heterocycles. The maximum absolute atomic E-state index is 15.6. The molecule has 0 saturated carbocycles. The van der Waals surface area contributed by atoms with Crippen LogP contribution in [0, 0.1) is 18.6 Å². The zero-order valence-corrected chi connectivity index (χ0v) is 24.3. The van der Waals surface area contributed by atoms with Gasteiger partial charge in [0, 0.05) is 32.8 Å². The number of rotatable bonds is 11. The third kappa shape index (κ3) is 6.19. The van der Waals surface area contributed by atoms with Gasteiger partial charge in [0.1, 0.15) is 17.1 Å². The molecule has 0 radical (unpaired) electrons. The Morgan fingerprint density at radius 2 is 1.66 bits per heavy atom. The molecule has 226 valence electrons. The number of methoxy groups -OCH3 is 1. The molecule has 0 spiro atoms. The van der Waals surface area contributed by atoms with Crippen molar-refractivity contribution < 1.29 is 32.9 Å². The van der Waals surface area contributed by atoms with Crippen LogP contribution in [0.3, 0.4) is 0 Å². The summed E-state index contributed by atoms with van der Waals surface area (Å²) in [5, 5.41) is 9.36. The van der Waals surface area contributed by atoms with Gasteiger partial charge in [-0.1, -0.05) is 54.6 Å². The maximum atomic E-state index is 15.6.